The largest absolute Gasteiger partial charge is 0.481 e. The lowest BCUT2D eigenvalue weighted by molar-refractivity contribution is -0.564. The lowest BCUT2D eigenvalue weighted by Crippen LogP contribution is -2.69. The smallest absolute Gasteiger partial charge is 0.417 e. The van der Waals surface area contributed by atoms with E-state index < -0.39 is 42.1 Å². The molecule has 0 spiro atoms. The summed E-state index contributed by atoms with van der Waals surface area (Å²) in [5.74, 6) is -7.66. The number of rotatable bonds is 35. The Morgan fingerprint density at radius 1 is 0.551 bits per heavy atom. The molecule has 0 aliphatic carbocycles. The number of carboxylic acid groups (broad SMARTS) is 1. The molecule has 0 heterocycles. The highest BCUT2D eigenvalue weighted by Crippen LogP contribution is 2.41. The third-order valence-electron chi connectivity index (χ3n) is 7.49. The van der Waals surface area contributed by atoms with Gasteiger partial charge in [0.1, 0.15) is 6.10 Å². The van der Waals surface area contributed by atoms with Crippen molar-refractivity contribution in [3.63, 3.8) is 0 Å². The molecule has 3 atom stereocenters. The Bertz CT molecular complexity index is 815. The summed E-state index contributed by atoms with van der Waals surface area (Å²) in [5.41, 5.74) is 0. The van der Waals surface area contributed by atoms with Crippen LogP contribution in [0.2, 0.25) is 0 Å². The normalized spacial score (nSPS) is 14.8. The predicted octanol–water partition coefficient (Wildman–Crippen LogP) is 7.32. The molecule has 13 nitrogen and oxygen atoms in total. The fourth-order valence-electron chi connectivity index (χ4n) is 5.27. The molecule has 0 aromatic carbocycles. The van der Waals surface area contributed by atoms with Gasteiger partial charge in [-0.2, -0.15) is 0 Å². The van der Waals surface area contributed by atoms with E-state index >= 15 is 0 Å². The van der Waals surface area contributed by atoms with Crippen LogP contribution >= 0.6 is 0 Å². The number of carbonyl (C=O) groups is 2. The highest BCUT2D eigenvalue weighted by atomic mass is 17.0. The highest BCUT2D eigenvalue weighted by molar-refractivity contribution is 5.69. The van der Waals surface area contributed by atoms with Crippen LogP contribution in [0.25, 0.3) is 0 Å². The van der Waals surface area contributed by atoms with Crippen LogP contribution in [0.4, 0.5) is 0 Å². The van der Waals surface area contributed by atoms with Crippen LogP contribution < -0.4 is 0 Å². The van der Waals surface area contributed by atoms with Gasteiger partial charge in [-0.05, 0) is 74.1 Å². The van der Waals surface area contributed by atoms with Crippen LogP contribution in [0.1, 0.15) is 139 Å². The number of carboxylic acids is 1. The SMILES string of the molecule is CCCCCOC(OCC)C(OCC)(OCC)C(C)OC(OCC)(OC(=O)CCCCCCC(=O)O)C(OCC)(OCC)OCCCCC. The van der Waals surface area contributed by atoms with Gasteiger partial charge in [0.25, 0.3) is 0 Å². The molecule has 0 radical (unpaired) electrons. The van der Waals surface area contributed by atoms with Gasteiger partial charge in [0, 0.05) is 52.5 Å². The Labute approximate surface area is 296 Å². The van der Waals surface area contributed by atoms with Gasteiger partial charge in [-0.1, -0.05) is 52.4 Å². The predicted molar refractivity (Wildman–Crippen MR) is 185 cm³/mol. The van der Waals surface area contributed by atoms with Crippen LogP contribution in [-0.2, 0) is 57.0 Å². The second-order valence-corrected chi connectivity index (χ2v) is 11.5. The summed E-state index contributed by atoms with van der Waals surface area (Å²) in [4.78, 5) is 24.6. The lowest BCUT2D eigenvalue weighted by Gasteiger charge is -2.49. The van der Waals surface area contributed by atoms with Gasteiger partial charge in [0.15, 0.2) is 0 Å². The molecule has 0 fully saturated rings. The quantitative estimate of drug-likeness (QED) is 0.0398. The van der Waals surface area contributed by atoms with Gasteiger partial charge in [-0.25, -0.2) is 0 Å². The zero-order chi connectivity index (χ0) is 37.0. The van der Waals surface area contributed by atoms with E-state index in [9.17, 15) is 9.59 Å². The Balaban J connectivity index is 7.04. The molecule has 0 aliphatic heterocycles. The molecular weight excluding hydrogens is 640 g/mol. The number of hydrogen-bond acceptors (Lipinski definition) is 12. The summed E-state index contributed by atoms with van der Waals surface area (Å²) in [7, 11) is 0. The molecule has 0 rings (SSSR count). The maximum atomic E-state index is 13.7. The third-order valence-corrected chi connectivity index (χ3v) is 7.49. The maximum Gasteiger partial charge on any atom is 0.417 e. The van der Waals surface area contributed by atoms with Crippen molar-refractivity contribution in [2.45, 2.75) is 169 Å². The van der Waals surface area contributed by atoms with E-state index in [0.29, 0.717) is 45.3 Å². The Kier molecular flexibility index (Phi) is 27.4. The van der Waals surface area contributed by atoms with Crippen LogP contribution in [0, 0.1) is 0 Å². The van der Waals surface area contributed by atoms with E-state index in [1.54, 1.807) is 27.7 Å². The van der Waals surface area contributed by atoms with Crippen molar-refractivity contribution in [1.29, 1.82) is 0 Å². The van der Waals surface area contributed by atoms with E-state index in [-0.39, 0.29) is 52.5 Å². The number of carbonyl (C=O) groups excluding carboxylic acids is 1. The minimum Gasteiger partial charge on any atom is -0.481 e. The van der Waals surface area contributed by atoms with E-state index in [0.717, 1.165) is 32.1 Å². The summed E-state index contributed by atoms with van der Waals surface area (Å²) in [6.45, 7) is 18.2. The minimum absolute atomic E-state index is 0.00791. The number of esters is 1. The molecule has 1 N–H and O–H groups in total. The first-order valence-electron chi connectivity index (χ1n) is 18.8. The summed E-state index contributed by atoms with van der Waals surface area (Å²) in [5, 5.41) is 8.95. The van der Waals surface area contributed by atoms with Gasteiger partial charge in [-0.15, -0.1) is 0 Å². The standard InChI is InChI=1S/C36H70O13/c1-10-18-24-28-41-33(40-12-3)34(42-13-4,43-14-5)30(9)48-36(46-17-8,49-32(39)27-23-21-20-22-26-31(37)38)35(44-15-6,45-16-7)47-29-25-19-11-2/h30,33H,10-29H2,1-9H3,(H,37,38). The van der Waals surface area contributed by atoms with E-state index in [1.807, 2.05) is 20.8 Å². The maximum absolute atomic E-state index is 13.7. The molecule has 292 valence electrons. The number of unbranched alkanes of at least 4 members (excludes halogenated alkanes) is 7. The average molecular weight is 711 g/mol. The van der Waals surface area contributed by atoms with Gasteiger partial charge < -0.3 is 52.5 Å². The van der Waals surface area contributed by atoms with Crippen LogP contribution in [0.15, 0.2) is 0 Å². The molecule has 3 unspecified atom stereocenters. The zero-order valence-corrected chi connectivity index (χ0v) is 32.1. The van der Waals surface area contributed by atoms with Crippen molar-refractivity contribution in [3.05, 3.63) is 0 Å². The van der Waals surface area contributed by atoms with Gasteiger partial charge in [-0.3, -0.25) is 9.59 Å². The first-order chi connectivity index (χ1) is 23.6. The van der Waals surface area contributed by atoms with Gasteiger partial charge in [0.2, 0.25) is 12.1 Å². The molecular formula is C36H70O13. The van der Waals surface area contributed by atoms with Crippen molar-refractivity contribution in [1.82, 2.24) is 0 Å². The van der Waals surface area contributed by atoms with Gasteiger partial charge >= 0.3 is 23.9 Å². The topological polar surface area (TPSA) is 147 Å². The van der Waals surface area contributed by atoms with Crippen molar-refractivity contribution in [2.75, 3.05) is 52.9 Å². The monoisotopic (exact) mass is 710 g/mol. The molecule has 0 bridgehead atoms. The lowest BCUT2D eigenvalue weighted by atomic mass is 10.1. The van der Waals surface area contributed by atoms with E-state index in [4.69, 9.17) is 52.5 Å². The molecule has 0 amide bonds. The van der Waals surface area contributed by atoms with Crippen molar-refractivity contribution in [3.8, 4) is 0 Å². The van der Waals surface area contributed by atoms with Crippen molar-refractivity contribution < 1.29 is 62.1 Å². The van der Waals surface area contributed by atoms with Crippen molar-refractivity contribution in [2.24, 2.45) is 0 Å². The number of aliphatic carboxylic acids is 1. The summed E-state index contributed by atoms with van der Waals surface area (Å²) in [6.07, 6.45) is 5.59. The number of hydrogen-bond donors (Lipinski definition) is 1. The summed E-state index contributed by atoms with van der Waals surface area (Å²) >= 11 is 0. The number of ether oxygens (including phenoxy) is 10. The molecule has 0 aromatic rings. The molecule has 0 saturated heterocycles. The fraction of sp³-hybridized carbons (Fsp3) is 0.944. The van der Waals surface area contributed by atoms with Crippen LogP contribution in [0.3, 0.4) is 0 Å². The van der Waals surface area contributed by atoms with E-state index in [2.05, 4.69) is 13.8 Å². The van der Waals surface area contributed by atoms with Crippen molar-refractivity contribution >= 4 is 11.9 Å². The fourth-order valence-corrected chi connectivity index (χ4v) is 5.27. The molecule has 13 heteroatoms. The second-order valence-electron chi connectivity index (χ2n) is 11.5. The summed E-state index contributed by atoms with van der Waals surface area (Å²) in [6, 6.07) is 0. The molecule has 0 saturated carbocycles. The van der Waals surface area contributed by atoms with Crippen LogP contribution in [-0.4, -0.2) is 100 Å². The molecule has 49 heavy (non-hydrogen) atoms. The Morgan fingerprint density at radius 3 is 1.55 bits per heavy atom. The third kappa shape index (κ3) is 16.6. The first kappa shape index (κ1) is 47.6. The Morgan fingerprint density at radius 2 is 1.06 bits per heavy atom. The molecule has 0 aliphatic rings. The second kappa shape index (κ2) is 28.2. The Hall–Kier alpha value is -1.42. The summed E-state index contributed by atoms with van der Waals surface area (Å²) < 4.78 is 63.1. The van der Waals surface area contributed by atoms with Crippen LogP contribution in [0.5, 0.6) is 0 Å². The van der Waals surface area contributed by atoms with E-state index in [1.165, 1.54) is 0 Å². The zero-order valence-electron chi connectivity index (χ0n) is 32.1. The highest BCUT2D eigenvalue weighted by Gasteiger charge is 2.66. The average Bonchev–Trinajstić information content (AvgIpc) is 3.06. The van der Waals surface area contributed by atoms with Gasteiger partial charge in [0.05, 0.1) is 13.2 Å². The molecule has 0 aromatic heterocycles. The first-order valence-corrected chi connectivity index (χ1v) is 18.8. The minimum atomic E-state index is -2.39.